The average molecular weight is 1090 g/mol. The molecule has 0 bridgehead atoms. The molecule has 4 rings (SSSR count). The first kappa shape index (κ1) is 64.0. The van der Waals surface area contributed by atoms with E-state index in [0.29, 0.717) is 24.2 Å². The Balaban J connectivity index is 1.86. The van der Waals surface area contributed by atoms with Crippen molar-refractivity contribution in [3.8, 4) is 0 Å². The molecule has 0 spiro atoms. The van der Waals surface area contributed by atoms with Crippen molar-refractivity contribution in [2.24, 2.45) is 11.8 Å². The fourth-order valence-corrected chi connectivity index (χ4v) is 9.68. The number of rotatable bonds is 10. The number of benzene rings is 2. The van der Waals surface area contributed by atoms with Crippen LogP contribution in [0.1, 0.15) is 118 Å². The number of aliphatic hydroxyl groups is 1. The number of hydrogen-bond donors (Lipinski definition) is 4. The summed E-state index contributed by atoms with van der Waals surface area (Å²) in [7, 11) is 5.64. The number of carbonyl (C=O) groups excluding carboxylic acids is 10. The molecular formula is C58H86N8O12. The molecule has 20 heteroatoms. The molecule has 430 valence electrons. The summed E-state index contributed by atoms with van der Waals surface area (Å²) >= 11 is 0. The van der Waals surface area contributed by atoms with E-state index in [2.05, 4.69) is 16.0 Å². The smallest absolute Gasteiger partial charge is 0.247 e. The Bertz CT molecular complexity index is 2410. The van der Waals surface area contributed by atoms with Gasteiger partial charge in [-0.1, -0.05) is 74.5 Å². The molecule has 0 radical (unpaired) electrons. The second-order valence-corrected chi connectivity index (χ2v) is 22.5. The molecule has 78 heavy (non-hydrogen) atoms. The highest BCUT2D eigenvalue weighted by Gasteiger charge is 2.42. The quantitative estimate of drug-likeness (QED) is 0.268. The predicted octanol–water partition coefficient (Wildman–Crippen LogP) is 2.86. The molecule has 4 N–H and O–H groups in total. The second kappa shape index (κ2) is 29.4. The summed E-state index contributed by atoms with van der Waals surface area (Å²) in [4.78, 5) is 150. The molecule has 2 aliphatic heterocycles. The molecule has 0 aliphatic carbocycles. The largest absolute Gasteiger partial charge is 0.393 e. The minimum atomic E-state index is -1.43. The lowest BCUT2D eigenvalue weighted by Crippen LogP contribution is -2.61. The Labute approximate surface area is 460 Å². The Morgan fingerprint density at radius 2 is 1.17 bits per heavy atom. The van der Waals surface area contributed by atoms with Gasteiger partial charge in [-0.05, 0) is 84.3 Å². The normalized spacial score (nSPS) is 25.8. The summed E-state index contributed by atoms with van der Waals surface area (Å²) < 4.78 is 6.15. The lowest BCUT2D eigenvalue weighted by molar-refractivity contribution is -0.152. The SMILES string of the molecule is CC(C)C[C@H]1C(=O)CCC(=O)N[C@H](C(=O)N2CCCCC2)CC(=O)N[C@H](C)C(=O)C[C@@H]([C@@H](C)O)C(=O)N(C)[C@@H](C)C(=O)N(C)[C@@H](Cc2ccccc2)C(=O)N[C@@H](COC(C)(C)C)C(=O)N(C)[C@@H](Cc2ccccc2)C(=O)N1C. The number of Topliss-reactive ketones (excluding diaryl/α,β-unsaturated/α-hetero) is 2. The van der Waals surface area contributed by atoms with Crippen LogP contribution < -0.4 is 16.0 Å². The van der Waals surface area contributed by atoms with E-state index in [1.54, 1.807) is 80.3 Å². The van der Waals surface area contributed by atoms with Crippen LogP contribution in [0.3, 0.4) is 0 Å². The van der Waals surface area contributed by atoms with E-state index in [1.807, 2.05) is 19.9 Å². The first-order chi connectivity index (χ1) is 36.6. The van der Waals surface area contributed by atoms with Gasteiger partial charge in [0.1, 0.15) is 30.2 Å². The molecule has 2 saturated heterocycles. The van der Waals surface area contributed by atoms with Crippen LogP contribution in [0.25, 0.3) is 0 Å². The minimum absolute atomic E-state index is 0.00108. The molecule has 0 aromatic heterocycles. The Morgan fingerprint density at radius 3 is 1.71 bits per heavy atom. The number of likely N-dealkylation sites (N-methyl/N-ethyl adjacent to an activating group) is 4. The van der Waals surface area contributed by atoms with Gasteiger partial charge >= 0.3 is 0 Å². The van der Waals surface area contributed by atoms with Gasteiger partial charge < -0.3 is 50.3 Å². The van der Waals surface area contributed by atoms with E-state index in [1.165, 1.54) is 63.7 Å². The highest BCUT2D eigenvalue weighted by molar-refractivity contribution is 5.99. The van der Waals surface area contributed by atoms with Gasteiger partial charge in [0.05, 0.1) is 42.7 Å². The number of nitrogens with one attached hydrogen (secondary N) is 3. The van der Waals surface area contributed by atoms with Gasteiger partial charge in [0, 0.05) is 73.4 Å². The zero-order valence-corrected chi connectivity index (χ0v) is 47.9. The van der Waals surface area contributed by atoms with Crippen molar-refractivity contribution in [2.45, 2.75) is 174 Å². The lowest BCUT2D eigenvalue weighted by atomic mass is 9.92. The van der Waals surface area contributed by atoms with Crippen LogP contribution in [0.5, 0.6) is 0 Å². The fraction of sp³-hybridized carbons (Fsp3) is 0.621. The van der Waals surface area contributed by atoms with E-state index >= 15 is 9.59 Å². The van der Waals surface area contributed by atoms with Crippen LogP contribution in [0.2, 0.25) is 0 Å². The van der Waals surface area contributed by atoms with Crippen molar-refractivity contribution in [3.05, 3.63) is 71.8 Å². The zero-order chi connectivity index (χ0) is 58.2. The highest BCUT2D eigenvalue weighted by atomic mass is 16.5. The van der Waals surface area contributed by atoms with Crippen LogP contribution >= 0.6 is 0 Å². The molecule has 2 aromatic rings. The third kappa shape index (κ3) is 18.6. The molecule has 2 aromatic carbocycles. The van der Waals surface area contributed by atoms with Crippen molar-refractivity contribution in [1.82, 2.24) is 40.4 Å². The maximum absolute atomic E-state index is 15.1. The number of aliphatic hydroxyl groups excluding tert-OH is 1. The van der Waals surface area contributed by atoms with Crippen molar-refractivity contribution >= 4 is 58.8 Å². The molecule has 2 fully saturated rings. The molecular weight excluding hydrogens is 1000 g/mol. The predicted molar refractivity (Wildman–Crippen MR) is 293 cm³/mol. The topological polar surface area (TPSA) is 252 Å². The maximum Gasteiger partial charge on any atom is 0.247 e. The van der Waals surface area contributed by atoms with Gasteiger partial charge in [0.25, 0.3) is 0 Å². The van der Waals surface area contributed by atoms with Crippen molar-refractivity contribution < 1.29 is 57.8 Å². The third-order valence-electron chi connectivity index (χ3n) is 14.7. The number of ketones is 2. The Morgan fingerprint density at radius 1 is 0.628 bits per heavy atom. The van der Waals surface area contributed by atoms with Crippen molar-refractivity contribution in [1.29, 1.82) is 0 Å². The van der Waals surface area contributed by atoms with Gasteiger partial charge in [-0.15, -0.1) is 0 Å². The molecule has 2 aliphatic rings. The van der Waals surface area contributed by atoms with Gasteiger partial charge in [0.2, 0.25) is 47.3 Å². The van der Waals surface area contributed by atoms with Crippen LogP contribution in [0.4, 0.5) is 0 Å². The van der Waals surface area contributed by atoms with Crippen molar-refractivity contribution in [3.63, 3.8) is 0 Å². The monoisotopic (exact) mass is 1090 g/mol. The minimum Gasteiger partial charge on any atom is -0.393 e. The number of likely N-dealkylation sites (tertiary alicyclic amines) is 1. The van der Waals surface area contributed by atoms with E-state index < -0.39 is 138 Å². The van der Waals surface area contributed by atoms with Crippen LogP contribution in [-0.2, 0) is 65.5 Å². The number of hydrogen-bond acceptors (Lipinski definition) is 12. The van der Waals surface area contributed by atoms with Gasteiger partial charge in [-0.3, -0.25) is 47.9 Å². The maximum atomic E-state index is 15.1. The number of nitrogens with zero attached hydrogens (tertiary/aromatic N) is 5. The summed E-state index contributed by atoms with van der Waals surface area (Å²) in [6.45, 7) is 13.7. The summed E-state index contributed by atoms with van der Waals surface area (Å²) in [6.07, 6.45) is -0.764. The molecule has 8 amide bonds. The number of piperidine rings is 1. The Hall–Kier alpha value is -6.54. The van der Waals surface area contributed by atoms with E-state index in [9.17, 15) is 43.5 Å². The number of amides is 8. The standard InChI is InChI=1S/C58H86N8O12/c1-36(2)30-45-48(68)26-27-50(70)60-43(56(76)66-28-20-15-21-29-66)34-51(71)59-37(3)49(69)33-42(39(5)67)54(74)62(9)38(4)53(73)64(11)46(31-40-22-16-13-17-23-40)52(72)61-44(35-78-58(6,7)8)55(75)65(12)47(57(77)63(45)10)32-41-24-18-14-19-25-41/h13-14,16-19,22-25,36-39,42-47,67H,15,20-21,26-35H2,1-12H3,(H,59,71)(H,60,70)(H,61,72)/t37-,38+,39-,42+,43+,44+,45+,46+,47+/m1/s1. The van der Waals surface area contributed by atoms with E-state index in [-0.39, 0.29) is 38.2 Å². The van der Waals surface area contributed by atoms with Crippen LogP contribution in [0.15, 0.2) is 60.7 Å². The average Bonchev–Trinajstić information content (AvgIpc) is 3.41. The van der Waals surface area contributed by atoms with E-state index in [4.69, 9.17) is 4.74 Å². The van der Waals surface area contributed by atoms with Gasteiger partial charge in [0.15, 0.2) is 11.6 Å². The summed E-state index contributed by atoms with van der Waals surface area (Å²) in [6, 6.07) is 8.96. The highest BCUT2D eigenvalue weighted by Crippen LogP contribution is 2.23. The lowest BCUT2D eigenvalue weighted by Gasteiger charge is -2.37. The van der Waals surface area contributed by atoms with E-state index in [0.717, 1.165) is 24.2 Å². The first-order valence-electron chi connectivity index (χ1n) is 27.3. The molecule has 20 nitrogen and oxygen atoms in total. The Kier molecular flexibility index (Phi) is 24.2. The van der Waals surface area contributed by atoms with Crippen LogP contribution in [-0.4, -0.2) is 190 Å². The molecule has 2 heterocycles. The number of carbonyl (C=O) groups is 10. The summed E-state index contributed by atoms with van der Waals surface area (Å²) in [5.74, 6) is -8.11. The molecule has 0 unspecified atom stereocenters. The van der Waals surface area contributed by atoms with Gasteiger partial charge in [-0.2, -0.15) is 0 Å². The second-order valence-electron chi connectivity index (χ2n) is 22.5. The molecule has 0 saturated carbocycles. The summed E-state index contributed by atoms with van der Waals surface area (Å²) in [5.41, 5.74) is 0.535. The molecule has 9 atom stereocenters. The van der Waals surface area contributed by atoms with Gasteiger partial charge in [-0.25, -0.2) is 0 Å². The third-order valence-corrected chi connectivity index (χ3v) is 14.7. The van der Waals surface area contributed by atoms with Crippen LogP contribution in [0, 0.1) is 11.8 Å². The zero-order valence-electron chi connectivity index (χ0n) is 47.9. The number of ether oxygens (including phenoxy) is 1. The first-order valence-corrected chi connectivity index (χ1v) is 27.3. The fourth-order valence-electron chi connectivity index (χ4n) is 9.68. The summed E-state index contributed by atoms with van der Waals surface area (Å²) in [5, 5.41) is 19.0. The van der Waals surface area contributed by atoms with Crippen molar-refractivity contribution in [2.75, 3.05) is 47.9 Å².